The second-order valence-corrected chi connectivity index (χ2v) is 4.59. The average Bonchev–Trinajstić information content (AvgIpc) is 2.45. The van der Waals surface area contributed by atoms with Crippen LogP contribution in [0.4, 0.5) is 0 Å². The van der Waals surface area contributed by atoms with Crippen molar-refractivity contribution < 1.29 is 4.74 Å². The highest BCUT2D eigenvalue weighted by Gasteiger charge is 2.11. The normalized spacial score (nSPS) is 13.1. The Bertz CT molecular complexity index is 286. The van der Waals surface area contributed by atoms with E-state index in [1.807, 2.05) is 6.92 Å². The lowest BCUT2D eigenvalue weighted by Crippen LogP contribution is -2.22. The summed E-state index contributed by atoms with van der Waals surface area (Å²) in [6.45, 7) is 7.90. The topological polar surface area (TPSA) is 34.1 Å². The second kappa shape index (κ2) is 5.44. The van der Waals surface area contributed by atoms with Crippen molar-refractivity contribution in [1.82, 2.24) is 10.3 Å². The summed E-state index contributed by atoms with van der Waals surface area (Å²) in [5, 5.41) is 4.54. The number of aromatic nitrogens is 1. The lowest BCUT2D eigenvalue weighted by molar-refractivity contribution is 0.196. The Morgan fingerprint density at radius 3 is 2.71 bits per heavy atom. The second-order valence-electron chi connectivity index (χ2n) is 3.35. The smallest absolute Gasteiger partial charge is 0.0900 e. The van der Waals surface area contributed by atoms with Crippen molar-refractivity contribution >= 4 is 11.3 Å². The quantitative estimate of drug-likeness (QED) is 0.762. The fourth-order valence-electron chi connectivity index (χ4n) is 1.42. The number of rotatable bonds is 5. The molecule has 14 heavy (non-hydrogen) atoms. The Labute approximate surface area is 89.5 Å². The van der Waals surface area contributed by atoms with Crippen LogP contribution in [0.3, 0.4) is 0 Å². The molecule has 1 aromatic rings. The van der Waals surface area contributed by atoms with Crippen molar-refractivity contribution in [3.8, 4) is 0 Å². The molecule has 4 heteroatoms. The van der Waals surface area contributed by atoms with Crippen LogP contribution < -0.4 is 5.32 Å². The zero-order valence-electron chi connectivity index (χ0n) is 9.26. The van der Waals surface area contributed by atoms with Gasteiger partial charge in [0.2, 0.25) is 0 Å². The maximum Gasteiger partial charge on any atom is 0.0900 e. The van der Waals surface area contributed by atoms with Crippen LogP contribution in [-0.2, 0) is 4.74 Å². The molecule has 0 aliphatic heterocycles. The molecule has 0 fully saturated rings. The zero-order valence-corrected chi connectivity index (χ0v) is 10.1. The summed E-state index contributed by atoms with van der Waals surface area (Å²) in [7, 11) is 1.72. The molecule has 1 aromatic heterocycles. The molecule has 0 amide bonds. The molecular weight excluding hydrogens is 196 g/mol. The lowest BCUT2D eigenvalue weighted by Gasteiger charge is -2.11. The van der Waals surface area contributed by atoms with E-state index in [0.717, 1.165) is 23.9 Å². The highest BCUT2D eigenvalue weighted by molar-refractivity contribution is 7.11. The largest absolute Gasteiger partial charge is 0.383 e. The Kier molecular flexibility index (Phi) is 4.51. The molecule has 0 saturated heterocycles. The first-order chi connectivity index (χ1) is 6.65. The Hall–Kier alpha value is -0.450. The van der Waals surface area contributed by atoms with Crippen LogP contribution in [0.15, 0.2) is 0 Å². The summed E-state index contributed by atoms with van der Waals surface area (Å²) < 4.78 is 4.99. The fraction of sp³-hybridized carbons (Fsp3) is 0.700. The van der Waals surface area contributed by atoms with Crippen LogP contribution in [0.5, 0.6) is 0 Å². The Morgan fingerprint density at radius 2 is 2.21 bits per heavy atom. The van der Waals surface area contributed by atoms with Crippen LogP contribution in [0, 0.1) is 13.8 Å². The monoisotopic (exact) mass is 214 g/mol. The van der Waals surface area contributed by atoms with Gasteiger partial charge in [-0.1, -0.05) is 0 Å². The highest BCUT2D eigenvalue weighted by atomic mass is 32.1. The molecule has 3 nitrogen and oxygen atoms in total. The Balaban J connectivity index is 2.51. The van der Waals surface area contributed by atoms with E-state index in [9.17, 15) is 0 Å². The van der Waals surface area contributed by atoms with Crippen molar-refractivity contribution in [3.63, 3.8) is 0 Å². The van der Waals surface area contributed by atoms with Crippen LogP contribution in [0.25, 0.3) is 0 Å². The van der Waals surface area contributed by atoms with E-state index in [4.69, 9.17) is 4.74 Å². The standard InChI is InChI=1S/C10H18N2OS/c1-7(11-5-6-13-4)10-8(2)12-9(3)14-10/h7,11H,5-6H2,1-4H3. The molecule has 0 aromatic carbocycles. The first-order valence-electron chi connectivity index (χ1n) is 4.81. The maximum absolute atomic E-state index is 4.99. The van der Waals surface area contributed by atoms with Gasteiger partial charge in [0, 0.05) is 24.6 Å². The van der Waals surface area contributed by atoms with E-state index >= 15 is 0 Å². The minimum atomic E-state index is 0.372. The molecule has 1 N–H and O–H groups in total. The molecule has 0 bridgehead atoms. The summed E-state index contributed by atoms with van der Waals surface area (Å²) in [6.07, 6.45) is 0. The summed E-state index contributed by atoms with van der Waals surface area (Å²) in [6, 6.07) is 0.372. The first-order valence-corrected chi connectivity index (χ1v) is 5.63. The number of methoxy groups -OCH3 is 1. The minimum absolute atomic E-state index is 0.372. The lowest BCUT2D eigenvalue weighted by atomic mass is 10.2. The fourth-order valence-corrected chi connectivity index (χ4v) is 2.37. The van der Waals surface area contributed by atoms with Crippen LogP contribution in [-0.4, -0.2) is 25.2 Å². The zero-order chi connectivity index (χ0) is 10.6. The van der Waals surface area contributed by atoms with Gasteiger partial charge in [-0.25, -0.2) is 4.98 Å². The summed E-state index contributed by atoms with van der Waals surface area (Å²) >= 11 is 1.77. The van der Waals surface area contributed by atoms with Crippen LogP contribution >= 0.6 is 11.3 Å². The molecule has 1 atom stereocenters. The van der Waals surface area contributed by atoms with Gasteiger partial charge in [0.15, 0.2) is 0 Å². The predicted molar refractivity (Wildman–Crippen MR) is 59.9 cm³/mol. The number of aryl methyl sites for hydroxylation is 2. The predicted octanol–water partition coefficient (Wildman–Crippen LogP) is 2.06. The molecule has 0 aliphatic rings. The number of thiazole rings is 1. The van der Waals surface area contributed by atoms with Crippen molar-refractivity contribution in [2.45, 2.75) is 26.8 Å². The summed E-state index contributed by atoms with van der Waals surface area (Å²) in [5.41, 5.74) is 1.14. The van der Waals surface area contributed by atoms with Gasteiger partial charge < -0.3 is 10.1 Å². The van der Waals surface area contributed by atoms with Crippen molar-refractivity contribution in [1.29, 1.82) is 0 Å². The summed E-state index contributed by atoms with van der Waals surface area (Å²) in [4.78, 5) is 5.74. The van der Waals surface area contributed by atoms with Crippen molar-refractivity contribution in [2.75, 3.05) is 20.3 Å². The molecule has 0 radical (unpaired) electrons. The number of nitrogens with zero attached hydrogens (tertiary/aromatic N) is 1. The number of hydrogen-bond acceptors (Lipinski definition) is 4. The minimum Gasteiger partial charge on any atom is -0.383 e. The third-order valence-electron chi connectivity index (χ3n) is 2.09. The average molecular weight is 214 g/mol. The van der Waals surface area contributed by atoms with Gasteiger partial charge in [-0.2, -0.15) is 0 Å². The molecule has 0 saturated carbocycles. The molecule has 1 heterocycles. The molecule has 0 aliphatic carbocycles. The van der Waals surface area contributed by atoms with Gasteiger partial charge in [0.25, 0.3) is 0 Å². The molecular formula is C10H18N2OS. The van der Waals surface area contributed by atoms with Gasteiger partial charge >= 0.3 is 0 Å². The first kappa shape index (κ1) is 11.6. The van der Waals surface area contributed by atoms with Gasteiger partial charge in [0.05, 0.1) is 17.3 Å². The van der Waals surface area contributed by atoms with Gasteiger partial charge in [-0.3, -0.25) is 0 Å². The van der Waals surface area contributed by atoms with E-state index < -0.39 is 0 Å². The van der Waals surface area contributed by atoms with E-state index in [1.165, 1.54) is 4.88 Å². The van der Waals surface area contributed by atoms with Crippen LogP contribution in [0.1, 0.15) is 28.5 Å². The summed E-state index contributed by atoms with van der Waals surface area (Å²) in [5.74, 6) is 0. The number of ether oxygens (including phenoxy) is 1. The highest BCUT2D eigenvalue weighted by Crippen LogP contribution is 2.23. The molecule has 0 spiro atoms. The van der Waals surface area contributed by atoms with Crippen LogP contribution in [0.2, 0.25) is 0 Å². The van der Waals surface area contributed by atoms with E-state index in [0.29, 0.717) is 6.04 Å². The van der Waals surface area contributed by atoms with Crippen molar-refractivity contribution in [3.05, 3.63) is 15.6 Å². The van der Waals surface area contributed by atoms with E-state index in [-0.39, 0.29) is 0 Å². The van der Waals surface area contributed by atoms with Gasteiger partial charge in [0.1, 0.15) is 0 Å². The van der Waals surface area contributed by atoms with Crippen molar-refractivity contribution in [2.24, 2.45) is 0 Å². The third-order valence-corrected chi connectivity index (χ3v) is 3.34. The Morgan fingerprint density at radius 1 is 1.50 bits per heavy atom. The number of nitrogens with one attached hydrogen (secondary N) is 1. The van der Waals surface area contributed by atoms with Gasteiger partial charge in [-0.15, -0.1) is 11.3 Å². The molecule has 1 unspecified atom stereocenters. The SMILES string of the molecule is COCCNC(C)c1sc(C)nc1C. The molecule has 80 valence electrons. The molecule has 1 rings (SSSR count). The number of hydrogen-bond donors (Lipinski definition) is 1. The van der Waals surface area contributed by atoms with E-state index in [1.54, 1.807) is 18.4 Å². The third kappa shape index (κ3) is 3.04. The van der Waals surface area contributed by atoms with Gasteiger partial charge in [-0.05, 0) is 20.8 Å². The van der Waals surface area contributed by atoms with E-state index in [2.05, 4.69) is 24.1 Å². The maximum atomic E-state index is 4.99.